The molecule has 18 heavy (non-hydrogen) atoms. The van der Waals surface area contributed by atoms with Gasteiger partial charge in [-0.2, -0.15) is 0 Å². The van der Waals surface area contributed by atoms with Crippen LogP contribution < -0.4 is 5.32 Å². The van der Waals surface area contributed by atoms with Crippen LogP contribution in [0.4, 0.5) is 0 Å². The molecule has 0 fully saturated rings. The lowest BCUT2D eigenvalue weighted by molar-refractivity contribution is -0.121. The van der Waals surface area contributed by atoms with Gasteiger partial charge in [-0.3, -0.25) is 4.79 Å². The first-order valence-corrected chi connectivity index (χ1v) is 7.77. The van der Waals surface area contributed by atoms with Crippen LogP contribution in [0.3, 0.4) is 0 Å². The van der Waals surface area contributed by atoms with E-state index in [2.05, 4.69) is 40.3 Å². The molecule has 0 saturated carbocycles. The Hall–Kier alpha value is -0.830. The third kappa shape index (κ3) is 6.20. The normalized spacial score (nSPS) is 12.1. The summed E-state index contributed by atoms with van der Waals surface area (Å²) < 4.78 is 0. The zero-order valence-electron chi connectivity index (χ0n) is 11.0. The Balaban J connectivity index is 2.20. The van der Waals surface area contributed by atoms with Gasteiger partial charge in [-0.15, -0.1) is 0 Å². The van der Waals surface area contributed by atoms with Crippen LogP contribution in [-0.2, 0) is 11.2 Å². The van der Waals surface area contributed by atoms with E-state index in [1.165, 1.54) is 5.56 Å². The van der Waals surface area contributed by atoms with Gasteiger partial charge < -0.3 is 5.32 Å². The number of rotatable bonds is 8. The molecule has 1 aromatic rings. The standard InChI is InChI=1S/C15H22BrNO/c1-2-14(11-12-16)17-15(18)10-6-9-13-7-4-3-5-8-13/h3-5,7-8,14H,2,6,9-12H2,1H3,(H,17,18). The second kappa shape index (κ2) is 9.15. The number of carbonyl (C=O) groups excluding carboxylic acids is 1. The molecule has 100 valence electrons. The fourth-order valence-electron chi connectivity index (χ4n) is 1.91. The molecule has 1 atom stereocenters. The van der Waals surface area contributed by atoms with Crippen LogP contribution in [0.15, 0.2) is 30.3 Å². The summed E-state index contributed by atoms with van der Waals surface area (Å²) in [6.45, 7) is 2.11. The maximum absolute atomic E-state index is 11.8. The van der Waals surface area contributed by atoms with Crippen LogP contribution in [0.25, 0.3) is 0 Å². The first kappa shape index (κ1) is 15.2. The van der Waals surface area contributed by atoms with Crippen LogP contribution in [0, 0.1) is 0 Å². The number of aryl methyl sites for hydroxylation is 1. The Morgan fingerprint density at radius 3 is 2.67 bits per heavy atom. The second-order valence-electron chi connectivity index (χ2n) is 4.49. The van der Waals surface area contributed by atoms with E-state index in [4.69, 9.17) is 0 Å². The van der Waals surface area contributed by atoms with Gasteiger partial charge in [-0.25, -0.2) is 0 Å². The molecule has 0 aromatic heterocycles. The zero-order valence-corrected chi connectivity index (χ0v) is 12.6. The lowest BCUT2D eigenvalue weighted by Crippen LogP contribution is -2.34. The van der Waals surface area contributed by atoms with E-state index in [1.54, 1.807) is 0 Å². The van der Waals surface area contributed by atoms with Gasteiger partial charge >= 0.3 is 0 Å². The molecule has 0 spiro atoms. The fraction of sp³-hybridized carbons (Fsp3) is 0.533. The second-order valence-corrected chi connectivity index (χ2v) is 5.28. The summed E-state index contributed by atoms with van der Waals surface area (Å²) in [7, 11) is 0. The number of carbonyl (C=O) groups is 1. The topological polar surface area (TPSA) is 29.1 Å². The molecule has 3 heteroatoms. The predicted octanol–water partition coefficient (Wildman–Crippen LogP) is 3.69. The molecule has 1 aromatic carbocycles. The molecule has 1 N–H and O–H groups in total. The van der Waals surface area contributed by atoms with E-state index in [1.807, 2.05) is 18.2 Å². The summed E-state index contributed by atoms with van der Waals surface area (Å²) in [5.74, 6) is 0.179. The highest BCUT2D eigenvalue weighted by Gasteiger charge is 2.09. The Kier molecular flexibility index (Phi) is 7.74. The number of hydrogen-bond acceptors (Lipinski definition) is 1. The van der Waals surface area contributed by atoms with Crippen molar-refractivity contribution in [1.82, 2.24) is 5.32 Å². The van der Waals surface area contributed by atoms with Gasteiger partial charge in [-0.1, -0.05) is 53.2 Å². The highest BCUT2D eigenvalue weighted by Crippen LogP contribution is 2.06. The van der Waals surface area contributed by atoms with E-state index in [-0.39, 0.29) is 5.91 Å². The molecule has 0 aliphatic rings. The molecule has 1 amide bonds. The molecular weight excluding hydrogens is 290 g/mol. The Morgan fingerprint density at radius 1 is 1.33 bits per heavy atom. The van der Waals surface area contributed by atoms with E-state index >= 15 is 0 Å². The summed E-state index contributed by atoms with van der Waals surface area (Å²) in [6, 6.07) is 10.6. The van der Waals surface area contributed by atoms with Gasteiger partial charge in [0.25, 0.3) is 0 Å². The van der Waals surface area contributed by atoms with Gasteiger partial charge in [0, 0.05) is 17.8 Å². The van der Waals surface area contributed by atoms with Crippen LogP contribution in [-0.4, -0.2) is 17.3 Å². The van der Waals surface area contributed by atoms with E-state index < -0.39 is 0 Å². The van der Waals surface area contributed by atoms with Crippen LogP contribution in [0.2, 0.25) is 0 Å². The molecule has 0 bridgehead atoms. The molecule has 1 unspecified atom stereocenters. The van der Waals surface area contributed by atoms with E-state index in [0.29, 0.717) is 12.5 Å². The predicted molar refractivity (Wildman–Crippen MR) is 80.0 cm³/mol. The Labute approximate surface area is 118 Å². The van der Waals surface area contributed by atoms with Crippen molar-refractivity contribution in [3.63, 3.8) is 0 Å². The minimum absolute atomic E-state index is 0.179. The summed E-state index contributed by atoms with van der Waals surface area (Å²) >= 11 is 3.41. The minimum atomic E-state index is 0.179. The van der Waals surface area contributed by atoms with Gasteiger partial charge in [0.1, 0.15) is 0 Å². The summed E-state index contributed by atoms with van der Waals surface area (Å²) in [5.41, 5.74) is 1.30. The van der Waals surface area contributed by atoms with Crippen molar-refractivity contribution in [2.24, 2.45) is 0 Å². The molecule has 1 rings (SSSR count). The molecule has 0 radical (unpaired) electrons. The van der Waals surface area contributed by atoms with Crippen LogP contribution in [0.1, 0.15) is 38.2 Å². The van der Waals surface area contributed by atoms with E-state index in [0.717, 1.165) is 31.0 Å². The third-order valence-electron chi connectivity index (χ3n) is 3.03. The number of alkyl halides is 1. The van der Waals surface area contributed by atoms with Gasteiger partial charge in [0.05, 0.1) is 0 Å². The first-order valence-electron chi connectivity index (χ1n) is 6.65. The van der Waals surface area contributed by atoms with Crippen molar-refractivity contribution in [2.75, 3.05) is 5.33 Å². The smallest absolute Gasteiger partial charge is 0.220 e. The molecule has 0 heterocycles. The molecular formula is C15H22BrNO. The molecule has 2 nitrogen and oxygen atoms in total. The lowest BCUT2D eigenvalue weighted by Gasteiger charge is -2.15. The van der Waals surface area contributed by atoms with Crippen molar-refractivity contribution < 1.29 is 4.79 Å². The minimum Gasteiger partial charge on any atom is -0.353 e. The van der Waals surface area contributed by atoms with Gasteiger partial charge in [0.15, 0.2) is 0 Å². The number of halogens is 1. The maximum atomic E-state index is 11.8. The van der Waals surface area contributed by atoms with Crippen molar-refractivity contribution in [3.05, 3.63) is 35.9 Å². The summed E-state index contributed by atoms with van der Waals surface area (Å²) in [6.07, 6.45) is 4.51. The van der Waals surface area contributed by atoms with Gasteiger partial charge in [-0.05, 0) is 31.2 Å². The van der Waals surface area contributed by atoms with Crippen molar-refractivity contribution >= 4 is 21.8 Å². The molecule has 0 saturated heterocycles. The van der Waals surface area contributed by atoms with Crippen molar-refractivity contribution in [1.29, 1.82) is 0 Å². The molecule has 0 aliphatic heterocycles. The van der Waals surface area contributed by atoms with Crippen molar-refractivity contribution in [3.8, 4) is 0 Å². The maximum Gasteiger partial charge on any atom is 0.220 e. The van der Waals surface area contributed by atoms with Crippen molar-refractivity contribution in [2.45, 2.75) is 45.1 Å². The lowest BCUT2D eigenvalue weighted by atomic mass is 10.1. The van der Waals surface area contributed by atoms with E-state index in [9.17, 15) is 4.79 Å². The SMILES string of the molecule is CCC(CCBr)NC(=O)CCCc1ccccc1. The molecule has 0 aliphatic carbocycles. The van der Waals surface area contributed by atoms with Crippen LogP contribution >= 0.6 is 15.9 Å². The summed E-state index contributed by atoms with van der Waals surface area (Å²) in [4.78, 5) is 11.8. The number of hydrogen-bond donors (Lipinski definition) is 1. The summed E-state index contributed by atoms with van der Waals surface area (Å²) in [5, 5.41) is 4.03. The van der Waals surface area contributed by atoms with Gasteiger partial charge in [0.2, 0.25) is 5.91 Å². The Bertz CT molecular complexity index is 340. The largest absolute Gasteiger partial charge is 0.353 e. The van der Waals surface area contributed by atoms with Crippen LogP contribution in [0.5, 0.6) is 0 Å². The average Bonchev–Trinajstić information content (AvgIpc) is 2.39. The third-order valence-corrected chi connectivity index (χ3v) is 3.49. The average molecular weight is 312 g/mol. The quantitative estimate of drug-likeness (QED) is 0.729. The highest BCUT2D eigenvalue weighted by atomic mass is 79.9. The number of amides is 1. The monoisotopic (exact) mass is 311 g/mol. The highest BCUT2D eigenvalue weighted by molar-refractivity contribution is 9.09. The first-order chi connectivity index (χ1) is 8.76. The number of nitrogens with one attached hydrogen (secondary N) is 1. The fourth-order valence-corrected chi connectivity index (χ4v) is 2.46. The Morgan fingerprint density at radius 2 is 2.06 bits per heavy atom. The number of benzene rings is 1. The zero-order chi connectivity index (χ0) is 13.2.